The van der Waals surface area contributed by atoms with Crippen molar-refractivity contribution in [1.29, 1.82) is 0 Å². The molecule has 0 atom stereocenters. The Labute approximate surface area is 134 Å². The van der Waals surface area contributed by atoms with Gasteiger partial charge in [0, 0.05) is 5.69 Å². The van der Waals surface area contributed by atoms with Crippen molar-refractivity contribution >= 4 is 22.6 Å². The maximum absolute atomic E-state index is 12.0. The summed E-state index contributed by atoms with van der Waals surface area (Å²) in [5.41, 5.74) is 2.03. The van der Waals surface area contributed by atoms with Crippen LogP contribution >= 0.6 is 0 Å². The predicted molar refractivity (Wildman–Crippen MR) is 86.1 cm³/mol. The quantitative estimate of drug-likeness (QED) is 0.600. The van der Waals surface area contributed by atoms with Crippen molar-refractivity contribution in [3.05, 3.63) is 71.3 Å². The SMILES string of the molecule is O=C(Nc1ccc(-n2ncc3c(=O)[nH]cnc32)cc1)c1ccoc1. The van der Waals surface area contributed by atoms with Crippen molar-refractivity contribution in [2.24, 2.45) is 0 Å². The van der Waals surface area contributed by atoms with E-state index in [4.69, 9.17) is 4.42 Å². The maximum atomic E-state index is 12.0. The van der Waals surface area contributed by atoms with Gasteiger partial charge >= 0.3 is 0 Å². The zero-order valence-electron chi connectivity index (χ0n) is 12.3. The number of benzene rings is 1. The van der Waals surface area contributed by atoms with Crippen molar-refractivity contribution in [3.8, 4) is 5.69 Å². The standard InChI is InChI=1S/C16H11N5O3/c22-15(10-5-6-24-8-10)20-11-1-3-12(4-2-11)21-14-13(7-19-21)16(23)18-9-17-14/h1-9H,(H,20,22)(H,17,18,23). The van der Waals surface area contributed by atoms with Gasteiger partial charge in [-0.1, -0.05) is 0 Å². The minimum absolute atomic E-state index is 0.241. The molecule has 0 spiro atoms. The van der Waals surface area contributed by atoms with Gasteiger partial charge in [0.2, 0.25) is 0 Å². The highest BCUT2D eigenvalue weighted by Crippen LogP contribution is 2.17. The highest BCUT2D eigenvalue weighted by Gasteiger charge is 2.10. The van der Waals surface area contributed by atoms with Gasteiger partial charge in [-0.2, -0.15) is 5.10 Å². The van der Waals surface area contributed by atoms with E-state index in [1.165, 1.54) is 25.1 Å². The summed E-state index contributed by atoms with van der Waals surface area (Å²) in [6, 6.07) is 8.63. The third-order valence-electron chi connectivity index (χ3n) is 3.52. The summed E-state index contributed by atoms with van der Waals surface area (Å²) in [5.74, 6) is -0.255. The lowest BCUT2D eigenvalue weighted by Gasteiger charge is -2.06. The number of carbonyl (C=O) groups excluding carboxylic acids is 1. The molecule has 118 valence electrons. The van der Waals surface area contributed by atoms with E-state index in [-0.39, 0.29) is 11.5 Å². The lowest BCUT2D eigenvalue weighted by Crippen LogP contribution is -2.11. The van der Waals surface area contributed by atoms with Crippen LogP contribution in [-0.2, 0) is 0 Å². The molecule has 0 aliphatic heterocycles. The van der Waals surface area contributed by atoms with Gasteiger partial charge in [0.25, 0.3) is 11.5 Å². The average molecular weight is 321 g/mol. The molecule has 3 heterocycles. The van der Waals surface area contributed by atoms with Crippen LogP contribution in [0.5, 0.6) is 0 Å². The van der Waals surface area contributed by atoms with Crippen LogP contribution < -0.4 is 10.9 Å². The molecule has 0 fully saturated rings. The predicted octanol–water partition coefficient (Wildman–Crippen LogP) is 1.95. The Balaban J connectivity index is 1.62. The first-order valence-electron chi connectivity index (χ1n) is 7.08. The molecule has 1 aromatic carbocycles. The van der Waals surface area contributed by atoms with Gasteiger partial charge in [-0.05, 0) is 30.3 Å². The number of aromatic amines is 1. The largest absolute Gasteiger partial charge is 0.472 e. The molecule has 0 aliphatic rings. The molecule has 4 rings (SSSR count). The molecule has 0 aliphatic carbocycles. The number of amides is 1. The van der Waals surface area contributed by atoms with Gasteiger partial charge in [0.15, 0.2) is 5.65 Å². The Kier molecular flexibility index (Phi) is 3.20. The summed E-state index contributed by atoms with van der Waals surface area (Å²) < 4.78 is 6.45. The fourth-order valence-corrected chi connectivity index (χ4v) is 2.33. The van der Waals surface area contributed by atoms with E-state index in [1.807, 2.05) is 0 Å². The van der Waals surface area contributed by atoms with Gasteiger partial charge in [0.1, 0.15) is 11.6 Å². The maximum Gasteiger partial charge on any atom is 0.261 e. The summed E-state index contributed by atoms with van der Waals surface area (Å²) in [6.45, 7) is 0. The molecule has 3 aromatic heterocycles. The van der Waals surface area contributed by atoms with Crippen LogP contribution in [0, 0.1) is 0 Å². The second-order valence-electron chi connectivity index (χ2n) is 5.04. The van der Waals surface area contributed by atoms with Crippen molar-refractivity contribution in [3.63, 3.8) is 0 Å². The van der Waals surface area contributed by atoms with Crippen molar-refractivity contribution < 1.29 is 9.21 Å². The number of nitrogens with one attached hydrogen (secondary N) is 2. The Morgan fingerprint density at radius 2 is 2.04 bits per heavy atom. The summed E-state index contributed by atoms with van der Waals surface area (Å²) in [7, 11) is 0. The summed E-state index contributed by atoms with van der Waals surface area (Å²) in [5, 5.41) is 7.37. The van der Waals surface area contributed by atoms with Gasteiger partial charge in [0.05, 0.1) is 30.0 Å². The topological polar surface area (TPSA) is 106 Å². The van der Waals surface area contributed by atoms with E-state index < -0.39 is 0 Å². The number of hydrogen-bond acceptors (Lipinski definition) is 5. The molecule has 2 N–H and O–H groups in total. The zero-order valence-corrected chi connectivity index (χ0v) is 12.3. The van der Waals surface area contributed by atoms with Gasteiger partial charge in [-0.15, -0.1) is 0 Å². The van der Waals surface area contributed by atoms with E-state index in [9.17, 15) is 9.59 Å². The third kappa shape index (κ3) is 2.35. The normalized spacial score (nSPS) is 10.8. The molecule has 0 unspecified atom stereocenters. The molecular weight excluding hydrogens is 310 g/mol. The minimum atomic E-state index is -0.255. The second-order valence-corrected chi connectivity index (χ2v) is 5.04. The highest BCUT2D eigenvalue weighted by molar-refractivity contribution is 6.04. The molecule has 24 heavy (non-hydrogen) atoms. The molecule has 0 saturated heterocycles. The van der Waals surface area contributed by atoms with E-state index >= 15 is 0 Å². The molecule has 1 amide bonds. The van der Waals surface area contributed by atoms with Crippen molar-refractivity contribution in [2.45, 2.75) is 0 Å². The fraction of sp³-hybridized carbons (Fsp3) is 0. The van der Waals surface area contributed by atoms with E-state index in [1.54, 1.807) is 35.0 Å². The number of furan rings is 1. The van der Waals surface area contributed by atoms with Crippen LogP contribution in [-0.4, -0.2) is 25.7 Å². The molecule has 8 nitrogen and oxygen atoms in total. The number of carbonyl (C=O) groups is 1. The smallest absolute Gasteiger partial charge is 0.261 e. The number of H-pyrrole nitrogens is 1. The van der Waals surface area contributed by atoms with Crippen molar-refractivity contribution in [2.75, 3.05) is 5.32 Å². The molecule has 8 heteroatoms. The number of nitrogens with zero attached hydrogens (tertiary/aromatic N) is 3. The lowest BCUT2D eigenvalue weighted by molar-refractivity contribution is 0.102. The monoisotopic (exact) mass is 321 g/mol. The first kappa shape index (κ1) is 13.9. The van der Waals surface area contributed by atoms with Gasteiger partial charge in [-0.25, -0.2) is 9.67 Å². The van der Waals surface area contributed by atoms with Gasteiger partial charge < -0.3 is 14.7 Å². The van der Waals surface area contributed by atoms with Crippen LogP contribution in [0.4, 0.5) is 5.69 Å². The first-order valence-corrected chi connectivity index (χ1v) is 7.08. The van der Waals surface area contributed by atoms with E-state index in [0.717, 1.165) is 5.69 Å². The first-order chi connectivity index (χ1) is 11.7. The summed E-state index contributed by atoms with van der Waals surface area (Å²) >= 11 is 0. The summed E-state index contributed by atoms with van der Waals surface area (Å²) in [6.07, 6.45) is 5.62. The van der Waals surface area contributed by atoms with Crippen LogP contribution in [0.3, 0.4) is 0 Å². The second kappa shape index (κ2) is 5.51. The van der Waals surface area contributed by atoms with Crippen LogP contribution in [0.2, 0.25) is 0 Å². The van der Waals surface area contributed by atoms with E-state index in [0.29, 0.717) is 22.3 Å². The Morgan fingerprint density at radius 1 is 1.21 bits per heavy atom. The molecule has 4 aromatic rings. The number of hydrogen-bond donors (Lipinski definition) is 2. The molecule has 0 saturated carbocycles. The van der Waals surface area contributed by atoms with Crippen LogP contribution in [0.1, 0.15) is 10.4 Å². The minimum Gasteiger partial charge on any atom is -0.472 e. The number of fused-ring (bicyclic) bond motifs is 1. The Bertz CT molecular complexity index is 1060. The molecular formula is C16H11N5O3. The number of rotatable bonds is 3. The summed E-state index contributed by atoms with van der Waals surface area (Å²) in [4.78, 5) is 30.3. The number of aromatic nitrogens is 4. The zero-order chi connectivity index (χ0) is 16.5. The molecule has 0 radical (unpaired) electrons. The highest BCUT2D eigenvalue weighted by atomic mass is 16.3. The average Bonchev–Trinajstić information content (AvgIpc) is 3.26. The number of anilines is 1. The fourth-order valence-electron chi connectivity index (χ4n) is 2.33. The van der Waals surface area contributed by atoms with Crippen LogP contribution in [0.25, 0.3) is 16.7 Å². The Morgan fingerprint density at radius 3 is 2.79 bits per heavy atom. The van der Waals surface area contributed by atoms with Gasteiger partial charge in [-0.3, -0.25) is 9.59 Å². The molecule has 0 bridgehead atoms. The lowest BCUT2D eigenvalue weighted by atomic mass is 10.2. The Hall–Kier alpha value is -3.68. The van der Waals surface area contributed by atoms with E-state index in [2.05, 4.69) is 20.4 Å². The third-order valence-corrected chi connectivity index (χ3v) is 3.52. The van der Waals surface area contributed by atoms with Crippen LogP contribution in [0.15, 0.2) is 64.6 Å². The van der Waals surface area contributed by atoms with Crippen molar-refractivity contribution in [1.82, 2.24) is 19.7 Å².